The molecule has 0 radical (unpaired) electrons. The van der Waals surface area contributed by atoms with Crippen LogP contribution in [0.3, 0.4) is 0 Å². The number of aliphatic hydroxyl groups is 1. The Hall–Kier alpha value is -0.650. The molecule has 0 amide bonds. The molecule has 0 saturated heterocycles. The maximum absolute atomic E-state index is 8.69. The van der Waals surface area contributed by atoms with Gasteiger partial charge < -0.3 is 5.11 Å². The van der Waals surface area contributed by atoms with E-state index in [1.807, 2.05) is 11.4 Å². The van der Waals surface area contributed by atoms with Crippen LogP contribution in [0.15, 0.2) is 22.8 Å². The van der Waals surface area contributed by atoms with Crippen molar-refractivity contribution < 1.29 is 5.11 Å². The van der Waals surface area contributed by atoms with Crippen molar-refractivity contribution in [3.63, 3.8) is 0 Å². The molecule has 3 nitrogen and oxygen atoms in total. The molecule has 5 heteroatoms. The number of hydrogen-bond donors (Lipinski definition) is 1. The van der Waals surface area contributed by atoms with Crippen LogP contribution in [0.2, 0.25) is 0 Å². The van der Waals surface area contributed by atoms with Crippen LogP contribution in [0.1, 0.15) is 0 Å². The largest absolute Gasteiger partial charge is 0.396 e. The van der Waals surface area contributed by atoms with Gasteiger partial charge in [-0.05, 0) is 11.4 Å². The normalized spacial score (nSPS) is 10.8. The molecule has 13 heavy (non-hydrogen) atoms. The average Bonchev–Trinajstić information content (AvgIpc) is 2.62. The molecule has 0 aromatic carbocycles. The molecule has 0 aliphatic carbocycles. The Labute approximate surface area is 83.8 Å². The van der Waals surface area contributed by atoms with Crippen molar-refractivity contribution in [2.45, 2.75) is 5.03 Å². The van der Waals surface area contributed by atoms with Crippen LogP contribution < -0.4 is 0 Å². The maximum atomic E-state index is 8.69. The van der Waals surface area contributed by atoms with E-state index in [2.05, 4.69) is 9.97 Å². The zero-order valence-electron chi connectivity index (χ0n) is 6.80. The zero-order valence-corrected chi connectivity index (χ0v) is 8.44. The van der Waals surface area contributed by atoms with Gasteiger partial charge in [-0.3, -0.25) is 0 Å². The number of fused-ring (bicyclic) bond motifs is 1. The van der Waals surface area contributed by atoms with Gasteiger partial charge in [-0.25, -0.2) is 9.97 Å². The smallest absolute Gasteiger partial charge is 0.117 e. The molecule has 0 aliphatic rings. The first-order chi connectivity index (χ1) is 6.42. The zero-order chi connectivity index (χ0) is 9.10. The highest BCUT2D eigenvalue weighted by Crippen LogP contribution is 2.28. The number of aromatic nitrogens is 2. The molecule has 2 aromatic heterocycles. The lowest BCUT2D eigenvalue weighted by molar-refractivity contribution is 0.322. The van der Waals surface area contributed by atoms with Crippen molar-refractivity contribution in [3.8, 4) is 0 Å². The summed E-state index contributed by atoms with van der Waals surface area (Å²) < 4.78 is 1.11. The van der Waals surface area contributed by atoms with E-state index < -0.39 is 0 Å². The minimum absolute atomic E-state index is 0.182. The van der Waals surface area contributed by atoms with E-state index in [1.54, 1.807) is 29.4 Å². The first-order valence-electron chi connectivity index (χ1n) is 3.83. The van der Waals surface area contributed by atoms with Gasteiger partial charge in [0.1, 0.15) is 11.4 Å². The van der Waals surface area contributed by atoms with Crippen LogP contribution in [0.5, 0.6) is 0 Å². The van der Waals surface area contributed by atoms with E-state index >= 15 is 0 Å². The van der Waals surface area contributed by atoms with Gasteiger partial charge in [-0.1, -0.05) is 0 Å². The van der Waals surface area contributed by atoms with E-state index in [-0.39, 0.29) is 6.61 Å². The summed E-state index contributed by atoms with van der Waals surface area (Å²) >= 11 is 3.20. The van der Waals surface area contributed by atoms with Gasteiger partial charge in [0.2, 0.25) is 0 Å². The van der Waals surface area contributed by atoms with Crippen molar-refractivity contribution in [3.05, 3.63) is 17.8 Å². The first-order valence-corrected chi connectivity index (χ1v) is 5.70. The second kappa shape index (κ2) is 4.04. The molecule has 0 saturated carbocycles. The lowest BCUT2D eigenvalue weighted by atomic mass is 10.5. The van der Waals surface area contributed by atoms with E-state index in [0.29, 0.717) is 5.75 Å². The highest BCUT2D eigenvalue weighted by molar-refractivity contribution is 7.99. The van der Waals surface area contributed by atoms with Crippen molar-refractivity contribution in [1.82, 2.24) is 9.97 Å². The molecule has 68 valence electrons. The predicted molar refractivity (Wildman–Crippen MR) is 55.2 cm³/mol. The third kappa shape index (κ3) is 1.82. The number of aliphatic hydroxyl groups excluding tert-OH is 1. The average molecular weight is 212 g/mol. The highest BCUT2D eigenvalue weighted by Gasteiger charge is 2.04. The maximum Gasteiger partial charge on any atom is 0.117 e. The summed E-state index contributed by atoms with van der Waals surface area (Å²) in [5, 5.41) is 11.7. The minimum Gasteiger partial charge on any atom is -0.396 e. The van der Waals surface area contributed by atoms with Gasteiger partial charge in [0, 0.05) is 5.75 Å². The van der Waals surface area contributed by atoms with Gasteiger partial charge in [0.25, 0.3) is 0 Å². The minimum atomic E-state index is 0.182. The predicted octanol–water partition coefficient (Wildman–Crippen LogP) is 1.78. The van der Waals surface area contributed by atoms with E-state index in [1.165, 1.54) is 0 Å². The van der Waals surface area contributed by atoms with Gasteiger partial charge >= 0.3 is 0 Å². The summed E-state index contributed by atoms with van der Waals surface area (Å²) in [4.78, 5) is 8.30. The van der Waals surface area contributed by atoms with Crippen LogP contribution in [-0.2, 0) is 0 Å². The number of thiophene rings is 1. The molecule has 2 rings (SSSR count). The molecular weight excluding hydrogens is 204 g/mol. The SMILES string of the molecule is OCCSc1ncnc2ccsc12. The van der Waals surface area contributed by atoms with Crippen LogP contribution in [-0.4, -0.2) is 27.4 Å². The van der Waals surface area contributed by atoms with Crippen molar-refractivity contribution >= 4 is 33.3 Å². The standard InChI is InChI=1S/C8H8N2OS2/c11-2-4-13-8-7-6(1-3-12-7)9-5-10-8/h1,3,5,11H,2,4H2. The first kappa shape index (κ1) is 8.93. The molecule has 0 spiro atoms. The van der Waals surface area contributed by atoms with Crippen LogP contribution in [0.4, 0.5) is 0 Å². The van der Waals surface area contributed by atoms with E-state index in [0.717, 1.165) is 15.2 Å². The lowest BCUT2D eigenvalue weighted by Gasteiger charge is -1.98. The van der Waals surface area contributed by atoms with Crippen LogP contribution in [0, 0.1) is 0 Å². The topological polar surface area (TPSA) is 46.0 Å². The lowest BCUT2D eigenvalue weighted by Crippen LogP contribution is -1.88. The van der Waals surface area contributed by atoms with Crippen molar-refractivity contribution in [2.24, 2.45) is 0 Å². The summed E-state index contributed by atoms with van der Waals surface area (Å²) in [5.74, 6) is 0.685. The second-order valence-electron chi connectivity index (χ2n) is 2.39. The summed E-state index contributed by atoms with van der Waals surface area (Å²) in [5.41, 5.74) is 0.987. The molecule has 2 aromatic rings. The Morgan fingerprint density at radius 2 is 2.38 bits per heavy atom. The fourth-order valence-corrected chi connectivity index (χ4v) is 2.70. The Balaban J connectivity index is 2.37. The summed E-state index contributed by atoms with van der Waals surface area (Å²) in [7, 11) is 0. The Morgan fingerprint density at radius 3 is 3.23 bits per heavy atom. The fourth-order valence-electron chi connectivity index (χ4n) is 1.01. The Bertz CT molecular complexity index is 402. The Morgan fingerprint density at radius 1 is 1.46 bits per heavy atom. The molecule has 2 heterocycles. The summed E-state index contributed by atoms with van der Waals surface area (Å²) in [6.45, 7) is 0.182. The molecule has 0 unspecified atom stereocenters. The van der Waals surface area contributed by atoms with Crippen molar-refractivity contribution in [1.29, 1.82) is 0 Å². The second-order valence-corrected chi connectivity index (χ2v) is 4.39. The van der Waals surface area contributed by atoms with Crippen LogP contribution in [0.25, 0.3) is 10.2 Å². The number of nitrogens with zero attached hydrogens (tertiary/aromatic N) is 2. The van der Waals surface area contributed by atoms with Crippen LogP contribution >= 0.6 is 23.1 Å². The van der Waals surface area contributed by atoms with Gasteiger partial charge in [-0.15, -0.1) is 23.1 Å². The molecule has 0 atom stereocenters. The van der Waals surface area contributed by atoms with Gasteiger partial charge in [0.15, 0.2) is 0 Å². The molecule has 0 aliphatic heterocycles. The molecular formula is C8H8N2OS2. The third-order valence-electron chi connectivity index (χ3n) is 1.54. The van der Waals surface area contributed by atoms with Gasteiger partial charge in [-0.2, -0.15) is 0 Å². The molecule has 0 bridgehead atoms. The monoisotopic (exact) mass is 212 g/mol. The van der Waals surface area contributed by atoms with Gasteiger partial charge in [0.05, 0.1) is 16.8 Å². The summed E-state index contributed by atoms with van der Waals surface area (Å²) in [6, 6.07) is 1.98. The number of rotatable bonds is 3. The third-order valence-corrected chi connectivity index (χ3v) is 3.55. The highest BCUT2D eigenvalue weighted by atomic mass is 32.2. The summed E-state index contributed by atoms with van der Waals surface area (Å²) in [6.07, 6.45) is 1.56. The van der Waals surface area contributed by atoms with E-state index in [9.17, 15) is 0 Å². The fraction of sp³-hybridized carbons (Fsp3) is 0.250. The Kier molecular flexibility index (Phi) is 2.77. The van der Waals surface area contributed by atoms with E-state index in [4.69, 9.17) is 5.11 Å². The molecule has 1 N–H and O–H groups in total. The number of hydrogen-bond acceptors (Lipinski definition) is 5. The molecule has 0 fully saturated rings. The number of thioether (sulfide) groups is 1. The quantitative estimate of drug-likeness (QED) is 0.622. The van der Waals surface area contributed by atoms with Crippen molar-refractivity contribution in [2.75, 3.05) is 12.4 Å².